The van der Waals surface area contributed by atoms with E-state index in [4.69, 9.17) is 4.42 Å². The van der Waals surface area contributed by atoms with E-state index in [2.05, 4.69) is 33.5 Å². The van der Waals surface area contributed by atoms with E-state index in [9.17, 15) is 4.79 Å². The highest BCUT2D eigenvalue weighted by Gasteiger charge is 2.19. The third-order valence-electron chi connectivity index (χ3n) is 4.20. The Morgan fingerprint density at radius 2 is 2.04 bits per heavy atom. The molecular weight excluding hydrogens is 390 g/mol. The number of nitrogens with zero attached hydrogens (tertiary/aromatic N) is 2. The zero-order chi connectivity index (χ0) is 19.5. The third kappa shape index (κ3) is 4.10. The van der Waals surface area contributed by atoms with Gasteiger partial charge in [-0.3, -0.25) is 4.79 Å². The molecular formula is C21H19N3O2S2. The quantitative estimate of drug-likeness (QED) is 0.356. The molecule has 28 heavy (non-hydrogen) atoms. The van der Waals surface area contributed by atoms with Crippen LogP contribution in [0.4, 0.5) is 0 Å². The maximum atomic E-state index is 12.5. The minimum atomic E-state index is -0.285. The van der Waals surface area contributed by atoms with Gasteiger partial charge < -0.3 is 9.73 Å². The lowest BCUT2D eigenvalue weighted by atomic mass is 10.2. The predicted octanol–water partition coefficient (Wildman–Crippen LogP) is 5.06. The normalized spacial score (nSPS) is 12.2. The van der Waals surface area contributed by atoms with Crippen molar-refractivity contribution in [1.29, 1.82) is 0 Å². The lowest BCUT2D eigenvalue weighted by Crippen LogP contribution is -2.30. The number of amides is 1. The van der Waals surface area contributed by atoms with E-state index in [0.717, 1.165) is 31.4 Å². The number of hydrogen-bond acceptors (Lipinski definition) is 6. The minimum Gasteiger partial charge on any atom is -0.467 e. The number of nitrogens with one attached hydrogen (secondary N) is 1. The standard InChI is InChI=1S/C21H19N3O2S2/c1-13(19(25)22-12-16-9-6-10-26-16)27-20-17-11-18(15-7-4-3-5-8-15)28-21(17)24-14(2)23-20/h3-11,13H,12H2,1-2H3,(H,22,25)/t13-/m1/s1. The number of furan rings is 1. The third-order valence-corrected chi connectivity index (χ3v) is 6.38. The molecule has 1 atom stereocenters. The Labute approximate surface area is 171 Å². The summed E-state index contributed by atoms with van der Waals surface area (Å²) in [5.41, 5.74) is 1.16. The summed E-state index contributed by atoms with van der Waals surface area (Å²) in [6, 6.07) is 16.0. The van der Waals surface area contributed by atoms with Gasteiger partial charge in [-0.05, 0) is 37.6 Å². The number of thiophene rings is 1. The predicted molar refractivity (Wildman–Crippen MR) is 113 cm³/mol. The van der Waals surface area contributed by atoms with Gasteiger partial charge in [-0.25, -0.2) is 9.97 Å². The maximum absolute atomic E-state index is 12.5. The van der Waals surface area contributed by atoms with E-state index in [-0.39, 0.29) is 11.2 Å². The van der Waals surface area contributed by atoms with Crippen LogP contribution in [0.3, 0.4) is 0 Å². The van der Waals surface area contributed by atoms with Gasteiger partial charge in [0.15, 0.2) is 0 Å². The van der Waals surface area contributed by atoms with E-state index >= 15 is 0 Å². The number of aromatic nitrogens is 2. The van der Waals surface area contributed by atoms with Crippen molar-refractivity contribution in [2.24, 2.45) is 0 Å². The zero-order valence-electron chi connectivity index (χ0n) is 15.5. The Morgan fingerprint density at radius 3 is 2.79 bits per heavy atom. The second-order valence-corrected chi connectivity index (χ2v) is 8.69. The number of fused-ring (bicyclic) bond motifs is 1. The van der Waals surface area contributed by atoms with Crippen molar-refractivity contribution in [3.63, 3.8) is 0 Å². The van der Waals surface area contributed by atoms with Crippen LogP contribution < -0.4 is 5.32 Å². The Morgan fingerprint density at radius 1 is 1.21 bits per heavy atom. The molecule has 1 aromatic carbocycles. The van der Waals surface area contributed by atoms with Gasteiger partial charge in [0.25, 0.3) is 0 Å². The molecule has 4 aromatic rings. The van der Waals surface area contributed by atoms with Gasteiger partial charge in [-0.15, -0.1) is 11.3 Å². The van der Waals surface area contributed by atoms with Gasteiger partial charge in [0.05, 0.1) is 18.1 Å². The average Bonchev–Trinajstić information content (AvgIpc) is 3.36. The van der Waals surface area contributed by atoms with Crippen LogP contribution in [0.25, 0.3) is 20.7 Å². The highest BCUT2D eigenvalue weighted by Crippen LogP contribution is 2.37. The van der Waals surface area contributed by atoms with Crippen LogP contribution >= 0.6 is 23.1 Å². The van der Waals surface area contributed by atoms with Gasteiger partial charge in [-0.1, -0.05) is 42.1 Å². The molecule has 0 unspecified atom stereocenters. The molecule has 142 valence electrons. The Balaban J connectivity index is 1.55. The lowest BCUT2D eigenvalue weighted by Gasteiger charge is -2.11. The molecule has 0 saturated heterocycles. The van der Waals surface area contributed by atoms with Crippen molar-refractivity contribution in [2.45, 2.75) is 30.7 Å². The van der Waals surface area contributed by atoms with Gasteiger partial charge >= 0.3 is 0 Å². The summed E-state index contributed by atoms with van der Waals surface area (Å²) in [6.07, 6.45) is 1.60. The smallest absolute Gasteiger partial charge is 0.233 e. The number of hydrogen-bond donors (Lipinski definition) is 1. The lowest BCUT2D eigenvalue weighted by molar-refractivity contribution is -0.120. The highest BCUT2D eigenvalue weighted by atomic mass is 32.2. The first-order valence-corrected chi connectivity index (χ1v) is 10.6. The summed E-state index contributed by atoms with van der Waals surface area (Å²) in [5, 5.41) is 4.45. The number of thioether (sulfide) groups is 1. The van der Waals surface area contributed by atoms with Crippen LogP contribution in [0.15, 0.2) is 64.2 Å². The average molecular weight is 410 g/mol. The molecule has 7 heteroatoms. The molecule has 0 aliphatic heterocycles. The van der Waals surface area contributed by atoms with Crippen molar-refractivity contribution >= 4 is 39.2 Å². The van der Waals surface area contributed by atoms with E-state index < -0.39 is 0 Å². The molecule has 4 rings (SSSR count). The van der Waals surface area contributed by atoms with E-state index in [1.54, 1.807) is 23.7 Å². The fourth-order valence-corrected chi connectivity index (χ4v) is 4.92. The van der Waals surface area contributed by atoms with Crippen LogP contribution in [-0.2, 0) is 11.3 Å². The molecule has 0 spiro atoms. The minimum absolute atomic E-state index is 0.0515. The van der Waals surface area contributed by atoms with E-state index in [1.165, 1.54) is 11.8 Å². The van der Waals surface area contributed by atoms with Crippen LogP contribution in [0, 0.1) is 6.92 Å². The van der Waals surface area contributed by atoms with Crippen LogP contribution in [0.2, 0.25) is 0 Å². The number of aryl methyl sites for hydroxylation is 1. The highest BCUT2D eigenvalue weighted by molar-refractivity contribution is 8.00. The molecule has 0 radical (unpaired) electrons. The molecule has 1 N–H and O–H groups in total. The zero-order valence-corrected chi connectivity index (χ0v) is 17.1. The van der Waals surface area contributed by atoms with Gasteiger partial charge in [0, 0.05) is 10.3 Å². The van der Waals surface area contributed by atoms with Crippen molar-refractivity contribution in [2.75, 3.05) is 0 Å². The first kappa shape index (κ1) is 18.7. The summed E-state index contributed by atoms with van der Waals surface area (Å²) < 4.78 is 5.26. The summed E-state index contributed by atoms with van der Waals surface area (Å²) in [6.45, 7) is 4.15. The molecule has 0 fully saturated rings. The van der Waals surface area contributed by atoms with Gasteiger partial charge in [-0.2, -0.15) is 0 Å². The molecule has 5 nitrogen and oxygen atoms in total. The summed E-state index contributed by atoms with van der Waals surface area (Å²) >= 11 is 3.10. The van der Waals surface area contributed by atoms with E-state index in [0.29, 0.717) is 12.4 Å². The summed E-state index contributed by atoms with van der Waals surface area (Å²) in [4.78, 5) is 23.7. The van der Waals surface area contributed by atoms with Crippen molar-refractivity contribution in [3.05, 3.63) is 66.4 Å². The van der Waals surface area contributed by atoms with E-state index in [1.807, 2.05) is 38.1 Å². The molecule has 3 aromatic heterocycles. The SMILES string of the molecule is Cc1nc(S[C@H](C)C(=O)NCc2ccco2)c2cc(-c3ccccc3)sc2n1. The molecule has 0 aliphatic rings. The number of carbonyl (C=O) groups excluding carboxylic acids is 1. The fourth-order valence-electron chi connectivity index (χ4n) is 2.78. The summed E-state index contributed by atoms with van der Waals surface area (Å²) in [7, 11) is 0. The van der Waals surface area contributed by atoms with Crippen LogP contribution in [0.5, 0.6) is 0 Å². The number of benzene rings is 1. The van der Waals surface area contributed by atoms with Gasteiger partial charge in [0.2, 0.25) is 5.91 Å². The van der Waals surface area contributed by atoms with Crippen molar-refractivity contribution in [1.82, 2.24) is 15.3 Å². The van der Waals surface area contributed by atoms with Crippen LogP contribution in [0.1, 0.15) is 18.5 Å². The van der Waals surface area contributed by atoms with Crippen molar-refractivity contribution < 1.29 is 9.21 Å². The molecule has 0 aliphatic carbocycles. The second-order valence-electron chi connectivity index (χ2n) is 6.33. The molecule has 3 heterocycles. The topological polar surface area (TPSA) is 68.0 Å². The van der Waals surface area contributed by atoms with Gasteiger partial charge in [0.1, 0.15) is 21.4 Å². The van der Waals surface area contributed by atoms with Crippen LogP contribution in [-0.4, -0.2) is 21.1 Å². The summed E-state index contributed by atoms with van der Waals surface area (Å²) in [5.74, 6) is 1.39. The Kier molecular flexibility index (Phi) is 5.45. The molecule has 0 saturated carbocycles. The first-order valence-electron chi connectivity index (χ1n) is 8.90. The molecule has 1 amide bonds. The van der Waals surface area contributed by atoms with Crippen molar-refractivity contribution in [3.8, 4) is 10.4 Å². The Hall–Kier alpha value is -2.64. The maximum Gasteiger partial charge on any atom is 0.233 e. The number of rotatable bonds is 6. The fraction of sp³-hybridized carbons (Fsp3) is 0.190. The monoisotopic (exact) mass is 409 g/mol. The largest absolute Gasteiger partial charge is 0.467 e. The molecule has 0 bridgehead atoms. The number of carbonyl (C=O) groups is 1. The first-order chi connectivity index (χ1) is 13.6. The Bertz CT molecular complexity index is 1090. The second kappa shape index (κ2) is 8.16.